The Kier molecular flexibility index (Phi) is 2.82. The number of esters is 1. The molecule has 3 aliphatic heterocycles. The number of carbonyl (C=O) groups is 1. The van der Waals surface area contributed by atoms with Gasteiger partial charge in [0, 0.05) is 19.1 Å². The van der Waals surface area contributed by atoms with Crippen molar-refractivity contribution in [2.75, 3.05) is 26.2 Å². The fourth-order valence-electron chi connectivity index (χ4n) is 3.51. The summed E-state index contributed by atoms with van der Waals surface area (Å²) in [5, 5.41) is 3.36. The number of alkyl halides is 2. The van der Waals surface area contributed by atoms with Crippen molar-refractivity contribution in [3.05, 3.63) is 0 Å². The van der Waals surface area contributed by atoms with Crippen LogP contribution >= 0.6 is 0 Å². The smallest absolute Gasteiger partial charge is 0.377 e. The lowest BCUT2D eigenvalue weighted by molar-refractivity contribution is -0.159. The van der Waals surface area contributed by atoms with E-state index in [9.17, 15) is 13.6 Å². The zero-order valence-corrected chi connectivity index (χ0v) is 10.4. The van der Waals surface area contributed by atoms with Crippen LogP contribution in [0.25, 0.3) is 0 Å². The summed E-state index contributed by atoms with van der Waals surface area (Å²) in [6, 6.07) is 0.373. The summed E-state index contributed by atoms with van der Waals surface area (Å²) in [6.07, 6.45) is -1.12. The van der Waals surface area contributed by atoms with E-state index in [1.807, 2.05) is 0 Å². The minimum absolute atomic E-state index is 0.373. The van der Waals surface area contributed by atoms with Gasteiger partial charge in [0.1, 0.15) is 6.10 Å². The van der Waals surface area contributed by atoms with Gasteiger partial charge in [-0.15, -0.1) is 0 Å². The van der Waals surface area contributed by atoms with E-state index in [0.29, 0.717) is 24.4 Å². The van der Waals surface area contributed by atoms with Gasteiger partial charge in [-0.05, 0) is 31.8 Å². The second kappa shape index (κ2) is 4.13. The van der Waals surface area contributed by atoms with Crippen LogP contribution in [0.3, 0.4) is 0 Å². The molecule has 3 aliphatic rings. The second-order valence-corrected chi connectivity index (χ2v) is 5.71. The molecule has 3 fully saturated rings. The first-order valence-corrected chi connectivity index (χ1v) is 6.51. The predicted octanol–water partition coefficient (Wildman–Crippen LogP) is 0.477. The van der Waals surface area contributed by atoms with E-state index in [0.717, 1.165) is 19.6 Å². The first-order chi connectivity index (χ1) is 8.47. The van der Waals surface area contributed by atoms with E-state index in [1.54, 1.807) is 0 Å². The van der Waals surface area contributed by atoms with Crippen molar-refractivity contribution < 1.29 is 18.3 Å². The lowest BCUT2D eigenvalue weighted by Gasteiger charge is -2.26. The number of rotatable bonds is 2. The summed E-state index contributed by atoms with van der Waals surface area (Å²) < 4.78 is 30.9. The molecule has 18 heavy (non-hydrogen) atoms. The van der Waals surface area contributed by atoms with Crippen LogP contribution in [0.5, 0.6) is 0 Å². The molecule has 0 aromatic heterocycles. The number of carbonyl (C=O) groups excluding carboxylic acids is 1. The van der Waals surface area contributed by atoms with E-state index in [2.05, 4.69) is 17.1 Å². The van der Waals surface area contributed by atoms with Crippen molar-refractivity contribution in [3.8, 4) is 0 Å². The third-order valence-corrected chi connectivity index (χ3v) is 4.55. The summed E-state index contributed by atoms with van der Waals surface area (Å²) >= 11 is 0. The summed E-state index contributed by atoms with van der Waals surface area (Å²) in [5.74, 6) is -3.44. The van der Waals surface area contributed by atoms with Gasteiger partial charge in [-0.25, -0.2) is 4.79 Å². The van der Waals surface area contributed by atoms with Crippen molar-refractivity contribution in [2.24, 2.45) is 11.8 Å². The number of likely N-dealkylation sites (tertiary alicyclic amines) is 1. The third kappa shape index (κ3) is 1.91. The number of ether oxygens (including phenoxy) is 1. The van der Waals surface area contributed by atoms with Gasteiger partial charge in [0.05, 0.1) is 6.42 Å². The lowest BCUT2D eigenvalue weighted by Crippen LogP contribution is -2.38. The number of nitrogens with one attached hydrogen (secondary N) is 1. The molecule has 0 aliphatic carbocycles. The molecule has 0 radical (unpaired) electrons. The van der Waals surface area contributed by atoms with Crippen molar-refractivity contribution in [1.82, 2.24) is 10.2 Å². The summed E-state index contributed by atoms with van der Waals surface area (Å²) in [6.45, 7) is 5.50. The predicted molar refractivity (Wildman–Crippen MR) is 60.3 cm³/mol. The topological polar surface area (TPSA) is 41.6 Å². The summed E-state index contributed by atoms with van der Waals surface area (Å²) in [4.78, 5) is 13.1. The Morgan fingerprint density at radius 1 is 1.50 bits per heavy atom. The molecule has 3 heterocycles. The molecule has 1 N–H and O–H groups in total. The number of fused-ring (bicyclic) bond motifs is 1. The first kappa shape index (κ1) is 12.3. The van der Waals surface area contributed by atoms with Crippen LogP contribution in [0.2, 0.25) is 0 Å². The SMILES string of the molecule is CC1C2CNCC2CN1CC1CC(F)(F)C(=O)O1. The largest absolute Gasteiger partial charge is 0.456 e. The number of nitrogens with zero attached hydrogens (tertiary/aromatic N) is 1. The molecule has 0 amide bonds. The minimum Gasteiger partial charge on any atom is -0.456 e. The summed E-state index contributed by atoms with van der Waals surface area (Å²) in [7, 11) is 0. The fourth-order valence-corrected chi connectivity index (χ4v) is 3.51. The highest BCUT2D eigenvalue weighted by molar-refractivity contribution is 5.79. The molecule has 0 aromatic rings. The molecule has 0 bridgehead atoms. The molecule has 4 unspecified atom stereocenters. The summed E-state index contributed by atoms with van der Waals surface area (Å²) in [5.41, 5.74) is 0. The van der Waals surface area contributed by atoms with Gasteiger partial charge < -0.3 is 10.1 Å². The Labute approximate surface area is 105 Å². The first-order valence-electron chi connectivity index (χ1n) is 6.51. The van der Waals surface area contributed by atoms with E-state index in [-0.39, 0.29) is 0 Å². The minimum atomic E-state index is -3.29. The van der Waals surface area contributed by atoms with Gasteiger partial charge in [0.2, 0.25) is 0 Å². The number of hydrogen-bond donors (Lipinski definition) is 1. The third-order valence-electron chi connectivity index (χ3n) is 4.55. The molecule has 6 heteroatoms. The molecule has 3 rings (SSSR count). The molecule has 4 nitrogen and oxygen atoms in total. The van der Waals surface area contributed by atoms with E-state index in [4.69, 9.17) is 4.74 Å². The van der Waals surface area contributed by atoms with E-state index in [1.165, 1.54) is 0 Å². The van der Waals surface area contributed by atoms with Gasteiger partial charge in [-0.1, -0.05) is 0 Å². The van der Waals surface area contributed by atoms with Gasteiger partial charge in [-0.3, -0.25) is 4.90 Å². The van der Waals surface area contributed by atoms with Gasteiger partial charge in [0.15, 0.2) is 0 Å². The quantitative estimate of drug-likeness (QED) is 0.733. The Bertz CT molecular complexity index is 364. The van der Waals surface area contributed by atoms with Crippen LogP contribution in [0.15, 0.2) is 0 Å². The molecule has 102 valence electrons. The number of halogens is 2. The average molecular weight is 260 g/mol. The highest BCUT2D eigenvalue weighted by Gasteiger charge is 2.52. The Hall–Kier alpha value is -0.750. The molecule has 0 spiro atoms. The van der Waals surface area contributed by atoms with Crippen molar-refractivity contribution >= 4 is 5.97 Å². The maximum Gasteiger partial charge on any atom is 0.377 e. The second-order valence-electron chi connectivity index (χ2n) is 5.71. The monoisotopic (exact) mass is 260 g/mol. The highest BCUT2D eigenvalue weighted by atomic mass is 19.3. The molecule has 0 aromatic carbocycles. The van der Waals surface area contributed by atoms with Crippen LogP contribution in [-0.2, 0) is 9.53 Å². The van der Waals surface area contributed by atoms with Gasteiger partial charge >= 0.3 is 11.9 Å². The number of cyclic esters (lactones) is 1. The van der Waals surface area contributed by atoms with Crippen molar-refractivity contribution in [1.29, 1.82) is 0 Å². The Morgan fingerprint density at radius 3 is 2.89 bits per heavy atom. The van der Waals surface area contributed by atoms with E-state index >= 15 is 0 Å². The molecular weight excluding hydrogens is 242 g/mol. The zero-order chi connectivity index (χ0) is 12.9. The number of hydrogen-bond acceptors (Lipinski definition) is 4. The highest BCUT2D eigenvalue weighted by Crippen LogP contribution is 2.35. The normalized spacial score (nSPS) is 43.2. The van der Waals surface area contributed by atoms with Gasteiger partial charge in [-0.2, -0.15) is 8.78 Å². The maximum atomic E-state index is 13.1. The molecule has 4 atom stereocenters. The van der Waals surface area contributed by atoms with Gasteiger partial charge in [0.25, 0.3) is 0 Å². The Balaban J connectivity index is 1.60. The fraction of sp³-hybridized carbons (Fsp3) is 0.917. The van der Waals surface area contributed by atoms with Crippen LogP contribution in [-0.4, -0.2) is 55.1 Å². The van der Waals surface area contributed by atoms with Crippen LogP contribution in [0.1, 0.15) is 13.3 Å². The van der Waals surface area contributed by atoms with Crippen molar-refractivity contribution in [3.63, 3.8) is 0 Å². The lowest BCUT2D eigenvalue weighted by atomic mass is 9.95. The Morgan fingerprint density at radius 2 is 2.28 bits per heavy atom. The maximum absolute atomic E-state index is 13.1. The standard InChI is InChI=1S/C12H18F2N2O2/c1-7-10-4-15-3-8(10)5-16(7)6-9-2-12(13,14)11(17)18-9/h7-10,15H,2-6H2,1H3. The van der Waals surface area contributed by atoms with Crippen molar-refractivity contribution in [2.45, 2.75) is 31.4 Å². The van der Waals surface area contributed by atoms with E-state index < -0.39 is 24.4 Å². The van der Waals surface area contributed by atoms with Crippen LogP contribution in [0.4, 0.5) is 8.78 Å². The molecule has 0 saturated carbocycles. The molecular formula is C12H18F2N2O2. The molecule has 3 saturated heterocycles. The van der Waals surface area contributed by atoms with Crippen LogP contribution in [0, 0.1) is 11.8 Å². The van der Waals surface area contributed by atoms with Crippen LogP contribution < -0.4 is 5.32 Å². The zero-order valence-electron chi connectivity index (χ0n) is 10.4. The average Bonchev–Trinajstić information content (AvgIpc) is 2.89.